The molecule has 5 atom stereocenters. The topological polar surface area (TPSA) is 274 Å². The first-order valence-corrected chi connectivity index (χ1v) is 11.4. The highest BCUT2D eigenvalue weighted by atomic mass is 16.4. The third-order valence-electron chi connectivity index (χ3n) is 5.41. The van der Waals surface area contributed by atoms with Gasteiger partial charge in [-0.25, -0.2) is 4.79 Å². The van der Waals surface area contributed by atoms with Crippen LogP contribution >= 0.6 is 0 Å². The van der Waals surface area contributed by atoms with E-state index >= 15 is 0 Å². The zero-order valence-corrected chi connectivity index (χ0v) is 20.3. The van der Waals surface area contributed by atoms with E-state index in [1.807, 2.05) is 0 Å². The number of rotatable bonds is 18. The minimum Gasteiger partial charge on any atom is -0.481 e. The summed E-state index contributed by atoms with van der Waals surface area (Å²) in [6.45, 7) is 3.41. The smallest absolute Gasteiger partial charge is 0.326 e. The van der Waals surface area contributed by atoms with Gasteiger partial charge in [-0.05, 0) is 25.2 Å². The maximum Gasteiger partial charge on any atom is 0.326 e. The zero-order chi connectivity index (χ0) is 28.0. The summed E-state index contributed by atoms with van der Waals surface area (Å²) < 4.78 is 0. The maximum absolute atomic E-state index is 13.0. The Morgan fingerprint density at radius 1 is 0.722 bits per heavy atom. The molecule has 15 nitrogen and oxygen atoms in total. The minimum atomic E-state index is -1.56. The van der Waals surface area contributed by atoms with Crippen molar-refractivity contribution >= 4 is 41.5 Å². The van der Waals surface area contributed by atoms with Gasteiger partial charge >= 0.3 is 11.9 Å². The van der Waals surface area contributed by atoms with Crippen LogP contribution in [0.2, 0.25) is 0 Å². The fourth-order valence-electron chi connectivity index (χ4n) is 3.01. The lowest BCUT2D eigenvalue weighted by Gasteiger charge is -2.28. The van der Waals surface area contributed by atoms with Crippen molar-refractivity contribution in [1.29, 1.82) is 0 Å². The van der Waals surface area contributed by atoms with Crippen LogP contribution in [0.25, 0.3) is 0 Å². The average molecular weight is 517 g/mol. The summed E-state index contributed by atoms with van der Waals surface area (Å²) >= 11 is 0. The summed E-state index contributed by atoms with van der Waals surface area (Å²) in [5.41, 5.74) is 15.9. The lowest BCUT2D eigenvalue weighted by Crippen LogP contribution is -2.58. The molecule has 5 amide bonds. The number of carboxylic acids is 2. The quantitative estimate of drug-likeness (QED) is 0.0932. The van der Waals surface area contributed by atoms with Gasteiger partial charge in [-0.3, -0.25) is 28.8 Å². The molecule has 0 heterocycles. The number of primary amides is 2. The number of nitrogens with two attached hydrogens (primary N) is 3. The molecule has 15 heteroatoms. The number of aliphatic carboxylic acids is 2. The van der Waals surface area contributed by atoms with Crippen LogP contribution in [-0.2, 0) is 33.6 Å². The molecule has 36 heavy (non-hydrogen) atoms. The third kappa shape index (κ3) is 12.6. The van der Waals surface area contributed by atoms with Crippen molar-refractivity contribution < 1.29 is 43.8 Å². The SMILES string of the molecule is CCC(C)C(NC(=O)C(N)CCC(N)=O)C(=O)NC(CCC(N)=O)C(=O)NC(CCC(=O)O)C(=O)O. The van der Waals surface area contributed by atoms with Crippen molar-refractivity contribution in [3.8, 4) is 0 Å². The third-order valence-corrected chi connectivity index (χ3v) is 5.41. The molecule has 11 N–H and O–H groups in total. The second-order valence-corrected chi connectivity index (χ2v) is 8.38. The van der Waals surface area contributed by atoms with Crippen LogP contribution in [0, 0.1) is 5.92 Å². The van der Waals surface area contributed by atoms with Crippen molar-refractivity contribution in [2.24, 2.45) is 23.1 Å². The van der Waals surface area contributed by atoms with Gasteiger partial charge in [-0.1, -0.05) is 20.3 Å². The van der Waals surface area contributed by atoms with Gasteiger partial charge in [-0.2, -0.15) is 0 Å². The van der Waals surface area contributed by atoms with Gasteiger partial charge in [0.05, 0.1) is 6.04 Å². The molecule has 0 saturated carbocycles. The fourth-order valence-corrected chi connectivity index (χ4v) is 3.01. The largest absolute Gasteiger partial charge is 0.481 e. The molecule has 0 aromatic heterocycles. The van der Waals surface area contributed by atoms with E-state index in [0.29, 0.717) is 6.42 Å². The van der Waals surface area contributed by atoms with E-state index in [9.17, 15) is 38.7 Å². The van der Waals surface area contributed by atoms with E-state index in [2.05, 4.69) is 16.0 Å². The predicted octanol–water partition coefficient (Wildman–Crippen LogP) is -2.71. The molecule has 204 valence electrons. The molecule has 5 unspecified atom stereocenters. The van der Waals surface area contributed by atoms with E-state index < -0.39 is 84.4 Å². The van der Waals surface area contributed by atoms with E-state index in [-0.39, 0.29) is 25.7 Å². The Labute approximate surface area is 207 Å². The number of hydrogen-bond acceptors (Lipinski definition) is 8. The highest BCUT2D eigenvalue weighted by molar-refractivity contribution is 5.94. The van der Waals surface area contributed by atoms with Gasteiger partial charge in [-0.15, -0.1) is 0 Å². The van der Waals surface area contributed by atoms with Crippen molar-refractivity contribution in [3.05, 3.63) is 0 Å². The molecule has 0 rings (SSSR count). The number of carbonyl (C=O) groups is 7. The van der Waals surface area contributed by atoms with Crippen molar-refractivity contribution in [1.82, 2.24) is 16.0 Å². The van der Waals surface area contributed by atoms with Crippen molar-refractivity contribution in [2.45, 2.75) is 83.0 Å². The molecule has 0 radical (unpaired) electrons. The van der Waals surface area contributed by atoms with Crippen LogP contribution in [0.4, 0.5) is 0 Å². The number of amides is 5. The van der Waals surface area contributed by atoms with Crippen molar-refractivity contribution in [2.75, 3.05) is 0 Å². The molecule has 0 aromatic carbocycles. The molecule has 0 aliphatic heterocycles. The van der Waals surface area contributed by atoms with Gasteiger partial charge in [0.2, 0.25) is 29.5 Å². The molecule has 0 bridgehead atoms. The Hall–Kier alpha value is -3.75. The van der Waals surface area contributed by atoms with Crippen LogP contribution in [0.5, 0.6) is 0 Å². The minimum absolute atomic E-state index is 0.0490. The van der Waals surface area contributed by atoms with Gasteiger partial charge in [0.15, 0.2) is 0 Å². The number of carbonyl (C=O) groups excluding carboxylic acids is 5. The molecule has 0 spiro atoms. The maximum atomic E-state index is 13.0. The first-order valence-electron chi connectivity index (χ1n) is 11.4. The normalized spacial score (nSPS) is 14.9. The molecule has 0 aromatic rings. The van der Waals surface area contributed by atoms with Gasteiger partial charge < -0.3 is 43.4 Å². The average Bonchev–Trinajstić information content (AvgIpc) is 2.79. The van der Waals surface area contributed by atoms with Gasteiger partial charge in [0, 0.05) is 19.3 Å². The molecule has 0 saturated heterocycles. The van der Waals surface area contributed by atoms with E-state index in [1.54, 1.807) is 13.8 Å². The molecule has 0 aliphatic rings. The standard InChI is InChI=1S/C21H36N6O9/c1-3-10(2)17(27-18(32)11(22)4-7-14(23)28)20(34)25-12(5-8-15(24)29)19(33)26-13(21(35)36)6-9-16(30)31/h10-13,17H,3-9,22H2,1-2H3,(H2,23,28)(H2,24,29)(H,25,34)(H,26,33)(H,27,32)(H,30,31)(H,35,36). The Bertz CT molecular complexity index is 835. The van der Waals surface area contributed by atoms with Gasteiger partial charge in [0.25, 0.3) is 0 Å². The van der Waals surface area contributed by atoms with E-state index in [4.69, 9.17) is 22.3 Å². The first kappa shape index (κ1) is 32.2. The Morgan fingerprint density at radius 2 is 1.22 bits per heavy atom. The molecule has 0 fully saturated rings. The Morgan fingerprint density at radius 3 is 1.69 bits per heavy atom. The number of carboxylic acid groups (broad SMARTS) is 2. The highest BCUT2D eigenvalue weighted by Gasteiger charge is 2.32. The lowest BCUT2D eigenvalue weighted by molar-refractivity contribution is -0.143. The summed E-state index contributed by atoms with van der Waals surface area (Å²) in [5.74, 6) is -7.13. The lowest BCUT2D eigenvalue weighted by atomic mass is 9.96. The highest BCUT2D eigenvalue weighted by Crippen LogP contribution is 2.11. The Balaban J connectivity index is 5.61. The van der Waals surface area contributed by atoms with Crippen LogP contribution in [0.1, 0.15) is 58.8 Å². The zero-order valence-electron chi connectivity index (χ0n) is 20.3. The summed E-state index contributed by atoms with van der Waals surface area (Å²) in [6, 6.07) is -5.26. The van der Waals surface area contributed by atoms with Crippen LogP contribution in [-0.4, -0.2) is 75.9 Å². The summed E-state index contributed by atoms with van der Waals surface area (Å²) in [6.07, 6.45) is -1.32. The van der Waals surface area contributed by atoms with Crippen molar-refractivity contribution in [3.63, 3.8) is 0 Å². The van der Waals surface area contributed by atoms with E-state index in [0.717, 1.165) is 0 Å². The monoisotopic (exact) mass is 516 g/mol. The predicted molar refractivity (Wildman–Crippen MR) is 125 cm³/mol. The van der Waals surface area contributed by atoms with Crippen LogP contribution in [0.3, 0.4) is 0 Å². The molecular weight excluding hydrogens is 480 g/mol. The summed E-state index contributed by atoms with van der Waals surface area (Å²) in [7, 11) is 0. The summed E-state index contributed by atoms with van der Waals surface area (Å²) in [5, 5.41) is 25.1. The van der Waals surface area contributed by atoms with E-state index in [1.165, 1.54) is 0 Å². The Kier molecular flexibility index (Phi) is 14.4. The van der Waals surface area contributed by atoms with Crippen LogP contribution in [0.15, 0.2) is 0 Å². The summed E-state index contributed by atoms with van der Waals surface area (Å²) in [4.78, 5) is 82.6. The molecule has 0 aliphatic carbocycles. The fraction of sp³-hybridized carbons (Fsp3) is 0.667. The second kappa shape index (κ2) is 16.0. The molecular formula is C21H36N6O9. The second-order valence-electron chi connectivity index (χ2n) is 8.38. The number of nitrogens with one attached hydrogen (secondary N) is 3. The van der Waals surface area contributed by atoms with Gasteiger partial charge in [0.1, 0.15) is 18.1 Å². The first-order chi connectivity index (χ1) is 16.7. The number of hydrogen-bond donors (Lipinski definition) is 8. The van der Waals surface area contributed by atoms with Crippen LogP contribution < -0.4 is 33.2 Å².